The zero-order valence-corrected chi connectivity index (χ0v) is 26.7. The number of aromatic nitrogens is 3. The van der Waals surface area contributed by atoms with Crippen molar-refractivity contribution in [1.29, 1.82) is 0 Å². The summed E-state index contributed by atoms with van der Waals surface area (Å²) in [6.45, 7) is -2.17. The number of hydrogen-bond acceptors (Lipinski definition) is 3. The number of furan rings is 1. The Bertz CT molecular complexity index is 2720. The molecular weight excluding hydrogens is 743 g/mol. The van der Waals surface area contributed by atoms with Gasteiger partial charge in [0, 0.05) is 58.3 Å². The molecule has 0 saturated heterocycles. The minimum atomic E-state index is -2.17. The first-order valence-electron chi connectivity index (χ1n) is 16.2. The molecule has 0 unspecified atom stereocenters. The molecule has 0 aliphatic carbocycles. The fraction of sp³-hybridized carbons (Fsp3) is 0.0244. The molecule has 0 aliphatic rings. The Kier molecular flexibility index (Phi) is 6.08. The predicted molar refractivity (Wildman–Crippen MR) is 184 cm³/mol. The van der Waals surface area contributed by atoms with Crippen molar-refractivity contribution in [3.63, 3.8) is 0 Å². The maximum absolute atomic E-state index is 7.59. The average Bonchev–Trinajstić information content (AvgIpc) is 3.79. The number of nitrogens with zero attached hydrogens (tertiary/aromatic N) is 3. The molecule has 0 atom stereocenters. The van der Waals surface area contributed by atoms with Gasteiger partial charge < -0.3 is 18.8 Å². The molecule has 0 aliphatic heterocycles. The summed E-state index contributed by atoms with van der Waals surface area (Å²) in [6, 6.07) is 46.6. The Balaban J connectivity index is 0.000000228. The van der Waals surface area contributed by atoms with E-state index >= 15 is 0 Å². The first-order chi connectivity index (χ1) is 23.5. The zero-order chi connectivity index (χ0) is 32.4. The summed E-state index contributed by atoms with van der Waals surface area (Å²) in [5.41, 5.74) is 8.90. The molecule has 221 valence electrons. The van der Waals surface area contributed by atoms with Gasteiger partial charge >= 0.3 is 0 Å². The standard InChI is InChI=1S/C30H17N2O.C11H8N.Ir/c1-17-9-12-24(31-16-17)18-10-13-25-23(15-18)20-6-4-7-22-28-26(32(25)29(20)22)14-11-21-19-5-2-3-8-27(19)33-30(21)28;1-2-6-10(7-3-1)11-8-4-5-9-12-11;/h2-9,11-16H,1H3;1-6,8-9H;/q2*-1;/i1D3;;. The van der Waals surface area contributed by atoms with Crippen molar-refractivity contribution < 1.29 is 28.6 Å². The van der Waals surface area contributed by atoms with Gasteiger partial charge in [0.15, 0.2) is 0 Å². The van der Waals surface area contributed by atoms with Crippen molar-refractivity contribution in [3.05, 3.63) is 151 Å². The van der Waals surface area contributed by atoms with E-state index < -0.39 is 6.85 Å². The molecule has 0 bridgehead atoms. The van der Waals surface area contributed by atoms with Crippen LogP contribution in [0, 0.1) is 19.0 Å². The Morgan fingerprint density at radius 2 is 1.52 bits per heavy atom. The molecule has 5 aromatic heterocycles. The Morgan fingerprint density at radius 3 is 2.35 bits per heavy atom. The summed E-state index contributed by atoms with van der Waals surface area (Å²) in [7, 11) is 0. The summed E-state index contributed by atoms with van der Waals surface area (Å²) in [6.07, 6.45) is 3.22. The van der Waals surface area contributed by atoms with Gasteiger partial charge in [0.1, 0.15) is 11.2 Å². The molecule has 1 radical (unpaired) electrons. The van der Waals surface area contributed by atoms with Crippen molar-refractivity contribution in [2.75, 3.05) is 0 Å². The van der Waals surface area contributed by atoms with Crippen molar-refractivity contribution >= 4 is 60.0 Å². The summed E-state index contributed by atoms with van der Waals surface area (Å²) in [5, 5.41) is 6.79. The van der Waals surface area contributed by atoms with E-state index in [0.717, 1.165) is 76.9 Å². The van der Waals surface area contributed by atoms with E-state index in [2.05, 4.69) is 69.0 Å². The van der Waals surface area contributed by atoms with Gasteiger partial charge in [0.05, 0.1) is 10.9 Å². The van der Waals surface area contributed by atoms with Gasteiger partial charge in [0.2, 0.25) is 0 Å². The Hall–Kier alpha value is -5.35. The normalized spacial score (nSPS) is 12.7. The molecule has 0 spiro atoms. The van der Waals surface area contributed by atoms with Crippen LogP contribution in [0.3, 0.4) is 0 Å². The molecule has 0 saturated carbocycles. The Labute approximate surface area is 282 Å². The first kappa shape index (κ1) is 24.9. The van der Waals surface area contributed by atoms with E-state index in [9.17, 15) is 0 Å². The minimum absolute atomic E-state index is 0. The summed E-state index contributed by atoms with van der Waals surface area (Å²) in [5.74, 6) is 0. The summed E-state index contributed by atoms with van der Waals surface area (Å²) < 4.78 is 31.5. The van der Waals surface area contributed by atoms with Crippen LogP contribution in [0.25, 0.3) is 82.5 Å². The molecule has 5 heterocycles. The number of hydrogen-bond donors (Lipinski definition) is 0. The van der Waals surface area contributed by atoms with Crippen LogP contribution in [0.15, 0.2) is 138 Å². The minimum Gasteiger partial charge on any atom is -0.455 e. The topological polar surface area (TPSA) is 43.3 Å². The molecule has 0 amide bonds. The molecule has 0 N–H and O–H groups in total. The largest absolute Gasteiger partial charge is 0.455 e. The van der Waals surface area contributed by atoms with Crippen LogP contribution in [-0.2, 0) is 20.1 Å². The van der Waals surface area contributed by atoms with E-state index in [1.54, 1.807) is 18.3 Å². The molecular formula is C41H25IrN3O-2. The molecule has 0 fully saturated rings. The van der Waals surface area contributed by atoms with Gasteiger partial charge in [0.25, 0.3) is 0 Å². The number of rotatable bonds is 2. The van der Waals surface area contributed by atoms with Crippen LogP contribution in [0.4, 0.5) is 0 Å². The molecule has 5 aromatic carbocycles. The number of pyridine rings is 2. The van der Waals surface area contributed by atoms with Gasteiger partial charge in [-0.15, -0.1) is 59.7 Å². The second-order valence-electron chi connectivity index (χ2n) is 11.0. The predicted octanol–water partition coefficient (Wildman–Crippen LogP) is 10.5. The fourth-order valence-corrected chi connectivity index (χ4v) is 6.46. The Morgan fingerprint density at radius 1 is 0.674 bits per heavy atom. The number of para-hydroxylation sites is 2. The zero-order valence-electron chi connectivity index (χ0n) is 27.3. The third-order valence-corrected chi connectivity index (χ3v) is 8.44. The van der Waals surface area contributed by atoms with E-state index in [0.29, 0.717) is 5.69 Å². The van der Waals surface area contributed by atoms with Crippen molar-refractivity contribution in [2.45, 2.75) is 6.85 Å². The third-order valence-electron chi connectivity index (χ3n) is 8.44. The monoisotopic (exact) mass is 771 g/mol. The SMILES string of the molecule is [2H]C([2H])([2H])c1ccc(-c2[c-]cc3c(c2)c2cccc4c5c6oc7ccccc7c6ccc5n3c24)nc1.[Ir].[c-]1ccccc1-c1ccccn1. The third kappa shape index (κ3) is 4.39. The molecule has 4 nitrogen and oxygen atoms in total. The average molecular weight is 771 g/mol. The first-order valence-corrected chi connectivity index (χ1v) is 14.7. The van der Waals surface area contributed by atoms with Crippen molar-refractivity contribution in [3.8, 4) is 22.5 Å². The quantitative estimate of drug-likeness (QED) is 0.165. The van der Waals surface area contributed by atoms with Crippen LogP contribution in [0.2, 0.25) is 0 Å². The maximum Gasteiger partial charge on any atom is 0.145 e. The summed E-state index contributed by atoms with van der Waals surface area (Å²) >= 11 is 0. The molecule has 10 aromatic rings. The van der Waals surface area contributed by atoms with E-state index in [4.69, 9.17) is 8.53 Å². The van der Waals surface area contributed by atoms with E-state index in [-0.39, 0.29) is 25.7 Å². The second kappa shape index (κ2) is 11.2. The van der Waals surface area contributed by atoms with E-state index in [1.807, 2.05) is 66.7 Å². The molecule has 10 rings (SSSR count). The van der Waals surface area contributed by atoms with Crippen LogP contribution < -0.4 is 0 Å². The summed E-state index contributed by atoms with van der Waals surface area (Å²) in [4.78, 5) is 8.64. The number of aryl methyl sites for hydroxylation is 1. The van der Waals surface area contributed by atoms with Gasteiger partial charge in [-0.05, 0) is 59.0 Å². The van der Waals surface area contributed by atoms with Gasteiger partial charge in [-0.1, -0.05) is 66.0 Å². The van der Waals surface area contributed by atoms with Crippen molar-refractivity contribution in [2.24, 2.45) is 0 Å². The maximum atomic E-state index is 7.59. The number of benzene rings is 5. The number of fused-ring (bicyclic) bond motifs is 10. The van der Waals surface area contributed by atoms with Crippen LogP contribution in [0.5, 0.6) is 0 Å². The fourth-order valence-electron chi connectivity index (χ4n) is 6.46. The van der Waals surface area contributed by atoms with Gasteiger partial charge in [-0.2, -0.15) is 0 Å². The van der Waals surface area contributed by atoms with Crippen LogP contribution in [0.1, 0.15) is 9.68 Å². The van der Waals surface area contributed by atoms with Crippen LogP contribution in [-0.4, -0.2) is 14.4 Å². The van der Waals surface area contributed by atoms with E-state index in [1.165, 1.54) is 6.20 Å². The van der Waals surface area contributed by atoms with Gasteiger partial charge in [-0.25, -0.2) is 0 Å². The molecule has 5 heteroatoms. The molecule has 46 heavy (non-hydrogen) atoms. The van der Waals surface area contributed by atoms with Gasteiger partial charge in [-0.3, -0.25) is 0 Å². The smallest absolute Gasteiger partial charge is 0.145 e. The van der Waals surface area contributed by atoms with Crippen LogP contribution >= 0.6 is 0 Å². The van der Waals surface area contributed by atoms with Crippen molar-refractivity contribution in [1.82, 2.24) is 14.4 Å². The second-order valence-corrected chi connectivity index (χ2v) is 11.0.